The first-order valence-corrected chi connectivity index (χ1v) is 8.43. The quantitative estimate of drug-likeness (QED) is 0.717. The molecule has 1 aromatic heterocycles. The van der Waals surface area contributed by atoms with E-state index in [4.69, 9.17) is 4.52 Å². The first kappa shape index (κ1) is 16.5. The highest BCUT2D eigenvalue weighted by Crippen LogP contribution is 2.29. The maximum absolute atomic E-state index is 5.51. The Kier molecular flexibility index (Phi) is 6.24. The van der Waals surface area contributed by atoms with Crippen molar-refractivity contribution in [3.8, 4) is 0 Å². The molecule has 120 valence electrons. The molecule has 21 heavy (non-hydrogen) atoms. The average molecular weight is 293 g/mol. The van der Waals surface area contributed by atoms with E-state index in [0.29, 0.717) is 5.92 Å². The number of rotatable bonds is 10. The number of nitrogens with zero attached hydrogens (tertiary/aromatic N) is 2. The van der Waals surface area contributed by atoms with E-state index < -0.39 is 0 Å². The smallest absolute Gasteiger partial charge is 0.151 e. The minimum atomic E-state index is 0.665. The number of nitrogens with one attached hydrogen (secondary N) is 1. The van der Waals surface area contributed by atoms with Gasteiger partial charge in [-0.05, 0) is 44.2 Å². The van der Waals surface area contributed by atoms with Crippen LogP contribution in [0, 0.1) is 11.8 Å². The van der Waals surface area contributed by atoms with Crippen LogP contribution in [-0.2, 0) is 13.1 Å². The summed E-state index contributed by atoms with van der Waals surface area (Å²) >= 11 is 0. The molecule has 1 aromatic rings. The van der Waals surface area contributed by atoms with Crippen LogP contribution in [0.3, 0.4) is 0 Å². The fourth-order valence-electron chi connectivity index (χ4n) is 2.46. The third kappa shape index (κ3) is 6.18. The Hall–Kier alpha value is -0.870. The standard InChI is InChI=1S/C17H31N3O/c1-13(2)7-8-20(16-5-6-16)12-17-9-15(19-21-17)11-18-10-14(3)4/h9,13-14,16,18H,5-8,10-12H2,1-4H3. The van der Waals surface area contributed by atoms with Crippen molar-refractivity contribution in [2.75, 3.05) is 13.1 Å². The second-order valence-corrected chi connectivity index (χ2v) is 7.19. The van der Waals surface area contributed by atoms with E-state index in [1.54, 1.807) is 0 Å². The molecule has 1 heterocycles. The van der Waals surface area contributed by atoms with Crippen LogP contribution in [0.4, 0.5) is 0 Å². The topological polar surface area (TPSA) is 41.3 Å². The Labute approximate surface area is 129 Å². The van der Waals surface area contributed by atoms with E-state index in [0.717, 1.165) is 43.0 Å². The fourth-order valence-corrected chi connectivity index (χ4v) is 2.46. The second-order valence-electron chi connectivity index (χ2n) is 7.19. The zero-order valence-corrected chi connectivity index (χ0v) is 14.1. The van der Waals surface area contributed by atoms with Gasteiger partial charge in [-0.2, -0.15) is 0 Å². The molecule has 4 heteroatoms. The van der Waals surface area contributed by atoms with Crippen LogP contribution in [0.2, 0.25) is 0 Å². The van der Waals surface area contributed by atoms with E-state index in [-0.39, 0.29) is 0 Å². The highest BCUT2D eigenvalue weighted by atomic mass is 16.5. The third-order valence-corrected chi connectivity index (χ3v) is 3.88. The number of aromatic nitrogens is 1. The summed E-state index contributed by atoms with van der Waals surface area (Å²) < 4.78 is 5.51. The summed E-state index contributed by atoms with van der Waals surface area (Å²) in [6.07, 6.45) is 3.94. The molecule has 0 saturated heterocycles. The molecular weight excluding hydrogens is 262 g/mol. The minimum Gasteiger partial charge on any atom is -0.360 e. The summed E-state index contributed by atoms with van der Waals surface area (Å²) in [6.45, 7) is 12.9. The lowest BCUT2D eigenvalue weighted by Crippen LogP contribution is -2.27. The maximum atomic E-state index is 5.51. The molecule has 0 aliphatic heterocycles. The first-order valence-electron chi connectivity index (χ1n) is 8.43. The molecule has 1 N–H and O–H groups in total. The van der Waals surface area contributed by atoms with Gasteiger partial charge in [-0.1, -0.05) is 32.9 Å². The Morgan fingerprint density at radius 1 is 1.29 bits per heavy atom. The van der Waals surface area contributed by atoms with Gasteiger partial charge in [-0.3, -0.25) is 4.90 Å². The van der Waals surface area contributed by atoms with E-state index in [1.165, 1.54) is 25.8 Å². The molecule has 1 fully saturated rings. The largest absolute Gasteiger partial charge is 0.360 e. The molecular formula is C17H31N3O. The highest BCUT2D eigenvalue weighted by Gasteiger charge is 2.29. The van der Waals surface area contributed by atoms with Crippen molar-refractivity contribution in [1.29, 1.82) is 0 Å². The van der Waals surface area contributed by atoms with Crippen molar-refractivity contribution < 1.29 is 4.52 Å². The normalized spacial score (nSPS) is 15.6. The van der Waals surface area contributed by atoms with Crippen LogP contribution in [0.25, 0.3) is 0 Å². The average Bonchev–Trinajstić information content (AvgIpc) is 3.16. The van der Waals surface area contributed by atoms with Crippen LogP contribution >= 0.6 is 0 Å². The summed E-state index contributed by atoms with van der Waals surface area (Å²) in [5.41, 5.74) is 1.02. The van der Waals surface area contributed by atoms with Gasteiger partial charge in [-0.25, -0.2) is 0 Å². The van der Waals surface area contributed by atoms with Gasteiger partial charge < -0.3 is 9.84 Å². The zero-order valence-electron chi connectivity index (χ0n) is 14.1. The van der Waals surface area contributed by atoms with Crippen molar-refractivity contribution in [2.45, 2.75) is 66.1 Å². The Balaban J connectivity index is 1.79. The lowest BCUT2D eigenvalue weighted by atomic mass is 10.1. The highest BCUT2D eigenvalue weighted by molar-refractivity contribution is 5.06. The summed E-state index contributed by atoms with van der Waals surface area (Å²) in [6, 6.07) is 2.88. The van der Waals surface area contributed by atoms with Crippen LogP contribution in [-0.4, -0.2) is 29.2 Å². The molecule has 4 nitrogen and oxygen atoms in total. The third-order valence-electron chi connectivity index (χ3n) is 3.88. The Bertz CT molecular complexity index is 410. The van der Waals surface area contributed by atoms with Crippen molar-refractivity contribution >= 4 is 0 Å². The predicted octanol–water partition coefficient (Wildman–Crippen LogP) is 3.43. The van der Waals surface area contributed by atoms with Gasteiger partial charge in [0.1, 0.15) is 0 Å². The van der Waals surface area contributed by atoms with Gasteiger partial charge >= 0.3 is 0 Å². The molecule has 0 spiro atoms. The van der Waals surface area contributed by atoms with E-state index in [9.17, 15) is 0 Å². The lowest BCUT2D eigenvalue weighted by Gasteiger charge is -2.21. The lowest BCUT2D eigenvalue weighted by molar-refractivity contribution is 0.211. The van der Waals surface area contributed by atoms with Crippen LogP contribution in [0.5, 0.6) is 0 Å². The summed E-state index contributed by atoms with van der Waals surface area (Å²) in [7, 11) is 0. The monoisotopic (exact) mass is 293 g/mol. The second kappa shape index (κ2) is 7.95. The molecule has 1 aliphatic carbocycles. The van der Waals surface area contributed by atoms with Crippen molar-refractivity contribution in [2.24, 2.45) is 11.8 Å². The predicted molar refractivity (Wildman–Crippen MR) is 85.9 cm³/mol. The molecule has 0 unspecified atom stereocenters. The van der Waals surface area contributed by atoms with Crippen LogP contribution in [0.15, 0.2) is 10.6 Å². The van der Waals surface area contributed by atoms with Gasteiger partial charge in [0.15, 0.2) is 5.76 Å². The molecule has 0 radical (unpaired) electrons. The zero-order chi connectivity index (χ0) is 15.2. The number of hydrogen-bond donors (Lipinski definition) is 1. The van der Waals surface area contributed by atoms with E-state index >= 15 is 0 Å². The molecule has 1 aliphatic rings. The van der Waals surface area contributed by atoms with Gasteiger partial charge in [0.2, 0.25) is 0 Å². The molecule has 2 rings (SSSR count). The SMILES string of the molecule is CC(C)CCN(Cc1cc(CNCC(C)C)no1)C1CC1. The van der Waals surface area contributed by atoms with Gasteiger partial charge in [-0.15, -0.1) is 0 Å². The van der Waals surface area contributed by atoms with Gasteiger partial charge in [0, 0.05) is 18.7 Å². The molecule has 0 bridgehead atoms. The van der Waals surface area contributed by atoms with Gasteiger partial charge in [0.25, 0.3) is 0 Å². The number of hydrogen-bond acceptors (Lipinski definition) is 4. The van der Waals surface area contributed by atoms with Crippen molar-refractivity contribution in [1.82, 2.24) is 15.4 Å². The summed E-state index contributed by atoms with van der Waals surface area (Å²) in [5.74, 6) is 2.43. The molecule has 0 atom stereocenters. The maximum Gasteiger partial charge on any atom is 0.151 e. The van der Waals surface area contributed by atoms with Gasteiger partial charge in [0.05, 0.1) is 12.2 Å². The fraction of sp³-hybridized carbons (Fsp3) is 0.824. The van der Waals surface area contributed by atoms with Crippen LogP contribution < -0.4 is 5.32 Å². The first-order chi connectivity index (χ1) is 10.0. The minimum absolute atomic E-state index is 0.665. The molecule has 1 saturated carbocycles. The Morgan fingerprint density at radius 2 is 2.05 bits per heavy atom. The van der Waals surface area contributed by atoms with E-state index in [2.05, 4.69) is 49.1 Å². The summed E-state index contributed by atoms with van der Waals surface area (Å²) in [4.78, 5) is 2.56. The van der Waals surface area contributed by atoms with Crippen molar-refractivity contribution in [3.05, 3.63) is 17.5 Å². The van der Waals surface area contributed by atoms with Crippen molar-refractivity contribution in [3.63, 3.8) is 0 Å². The Morgan fingerprint density at radius 3 is 2.67 bits per heavy atom. The van der Waals surface area contributed by atoms with E-state index in [1.807, 2.05) is 0 Å². The summed E-state index contributed by atoms with van der Waals surface area (Å²) in [5, 5.41) is 7.58. The van der Waals surface area contributed by atoms with Crippen LogP contribution in [0.1, 0.15) is 58.4 Å². The molecule has 0 aromatic carbocycles. The molecule has 0 amide bonds.